The summed E-state index contributed by atoms with van der Waals surface area (Å²) in [5, 5.41) is 9.72. The van der Waals surface area contributed by atoms with Crippen LogP contribution in [0.2, 0.25) is 0 Å². The zero-order chi connectivity index (χ0) is 12.5. The Labute approximate surface area is 109 Å². The monoisotopic (exact) mass is 272 g/mol. The first-order valence-corrected chi connectivity index (χ1v) is 7.36. The van der Waals surface area contributed by atoms with Gasteiger partial charge < -0.3 is 10.0 Å². The fraction of sp³-hybridized carbons (Fsp3) is 0.636. The van der Waals surface area contributed by atoms with E-state index in [0.29, 0.717) is 9.62 Å². The molecule has 1 aromatic heterocycles. The zero-order valence-electron chi connectivity index (χ0n) is 9.97. The predicted molar refractivity (Wildman–Crippen MR) is 72.4 cm³/mol. The van der Waals surface area contributed by atoms with E-state index in [-0.39, 0.29) is 0 Å². The molecule has 94 valence electrons. The van der Waals surface area contributed by atoms with Gasteiger partial charge in [-0.1, -0.05) is 25.2 Å². The van der Waals surface area contributed by atoms with E-state index in [2.05, 4.69) is 23.7 Å². The van der Waals surface area contributed by atoms with Crippen molar-refractivity contribution < 1.29 is 9.90 Å². The van der Waals surface area contributed by atoms with Crippen LogP contribution in [-0.4, -0.2) is 39.6 Å². The van der Waals surface area contributed by atoms with Gasteiger partial charge in [-0.3, -0.25) is 0 Å². The maximum Gasteiger partial charge on any atom is 0.347 e. The minimum Gasteiger partial charge on any atom is -0.477 e. The first-order chi connectivity index (χ1) is 7.98. The second kappa shape index (κ2) is 4.86. The van der Waals surface area contributed by atoms with Crippen LogP contribution >= 0.6 is 23.1 Å². The number of nitrogens with zero attached hydrogens (tertiary/aromatic N) is 2. The molecule has 0 radical (unpaired) electrons. The topological polar surface area (TPSA) is 53.4 Å². The van der Waals surface area contributed by atoms with Gasteiger partial charge in [-0.25, -0.2) is 9.78 Å². The molecule has 17 heavy (non-hydrogen) atoms. The molecule has 0 aromatic carbocycles. The number of rotatable bonds is 2. The third-order valence-electron chi connectivity index (χ3n) is 2.81. The molecule has 0 unspecified atom stereocenters. The van der Waals surface area contributed by atoms with Crippen LogP contribution in [0.1, 0.15) is 29.9 Å². The van der Waals surface area contributed by atoms with Crippen LogP contribution in [0.25, 0.3) is 0 Å². The van der Waals surface area contributed by atoms with Crippen molar-refractivity contribution in [1.82, 2.24) is 4.98 Å². The Morgan fingerprint density at radius 3 is 2.94 bits per heavy atom. The van der Waals surface area contributed by atoms with Crippen molar-refractivity contribution in [2.75, 3.05) is 23.7 Å². The van der Waals surface area contributed by atoms with Crippen molar-refractivity contribution in [2.45, 2.75) is 25.0 Å². The quantitative estimate of drug-likeness (QED) is 0.896. The number of thioether (sulfide) groups is 1. The number of carbonyl (C=O) groups is 1. The summed E-state index contributed by atoms with van der Waals surface area (Å²) in [7, 11) is 0. The average molecular weight is 272 g/mol. The van der Waals surface area contributed by atoms with E-state index < -0.39 is 5.97 Å². The van der Waals surface area contributed by atoms with Gasteiger partial charge >= 0.3 is 5.97 Å². The van der Waals surface area contributed by atoms with Gasteiger partial charge in [0, 0.05) is 23.6 Å². The second-order valence-corrected chi connectivity index (χ2v) is 7.47. The average Bonchev–Trinajstić information content (AvgIpc) is 2.65. The van der Waals surface area contributed by atoms with Gasteiger partial charge in [0.1, 0.15) is 4.88 Å². The van der Waals surface area contributed by atoms with Crippen molar-refractivity contribution in [1.29, 1.82) is 0 Å². The van der Waals surface area contributed by atoms with Crippen molar-refractivity contribution in [3.63, 3.8) is 0 Å². The number of thiazole rings is 1. The molecule has 2 rings (SSSR count). The summed E-state index contributed by atoms with van der Waals surface area (Å²) in [6.45, 7) is 6.41. The lowest BCUT2D eigenvalue weighted by atomic mass is 10.1. The van der Waals surface area contributed by atoms with Gasteiger partial charge in [0.05, 0.1) is 6.20 Å². The van der Waals surface area contributed by atoms with Gasteiger partial charge in [-0.05, 0) is 6.42 Å². The summed E-state index contributed by atoms with van der Waals surface area (Å²) in [5.74, 6) is 0.174. The maximum atomic E-state index is 10.8. The van der Waals surface area contributed by atoms with E-state index in [4.69, 9.17) is 5.11 Å². The molecule has 1 N–H and O–H groups in total. The summed E-state index contributed by atoms with van der Waals surface area (Å²) < 4.78 is 0.307. The molecule has 1 aliphatic heterocycles. The lowest BCUT2D eigenvalue weighted by Gasteiger charge is -2.22. The smallest absolute Gasteiger partial charge is 0.347 e. The molecule has 0 saturated carbocycles. The summed E-state index contributed by atoms with van der Waals surface area (Å²) in [4.78, 5) is 17.5. The van der Waals surface area contributed by atoms with E-state index in [1.165, 1.54) is 17.5 Å². The minimum atomic E-state index is -0.890. The van der Waals surface area contributed by atoms with Gasteiger partial charge in [0.2, 0.25) is 0 Å². The molecule has 0 spiro atoms. The Kier molecular flexibility index (Phi) is 3.63. The van der Waals surface area contributed by atoms with Gasteiger partial charge in [-0.15, -0.1) is 0 Å². The third kappa shape index (κ3) is 3.13. The van der Waals surface area contributed by atoms with E-state index >= 15 is 0 Å². The number of carboxylic acids is 1. The molecule has 0 bridgehead atoms. The zero-order valence-corrected chi connectivity index (χ0v) is 11.6. The van der Waals surface area contributed by atoms with E-state index in [1.54, 1.807) is 0 Å². The Hall–Kier alpha value is -0.750. The molecule has 1 saturated heterocycles. The molecular formula is C11H16N2O2S2. The van der Waals surface area contributed by atoms with Crippen molar-refractivity contribution in [3.8, 4) is 0 Å². The largest absolute Gasteiger partial charge is 0.477 e. The van der Waals surface area contributed by atoms with Crippen molar-refractivity contribution in [3.05, 3.63) is 11.1 Å². The number of anilines is 1. The first-order valence-electron chi connectivity index (χ1n) is 5.56. The Morgan fingerprint density at radius 1 is 1.53 bits per heavy atom. The standard InChI is InChI=1S/C11H16N2O2S2/c1-11(2)3-4-13(5-6-16-11)10-12-7-8(17-10)9(14)15/h7H,3-6H2,1-2H3,(H,14,15). The fourth-order valence-electron chi connectivity index (χ4n) is 1.72. The van der Waals surface area contributed by atoms with Gasteiger partial charge in [0.15, 0.2) is 5.13 Å². The Bertz CT molecular complexity index is 417. The number of aromatic nitrogens is 1. The molecule has 4 nitrogen and oxygen atoms in total. The number of aromatic carboxylic acids is 1. The number of carboxylic acid groups (broad SMARTS) is 1. The van der Waals surface area contributed by atoms with Gasteiger partial charge in [0.25, 0.3) is 0 Å². The van der Waals surface area contributed by atoms with Crippen LogP contribution in [0.4, 0.5) is 5.13 Å². The SMILES string of the molecule is CC1(C)CCN(c2ncc(C(=O)O)s2)CCS1. The van der Waals surface area contributed by atoms with Crippen LogP contribution in [0.5, 0.6) is 0 Å². The fourth-order valence-corrected chi connectivity index (χ4v) is 3.63. The molecule has 1 aliphatic rings. The first kappa shape index (κ1) is 12.7. The van der Waals surface area contributed by atoms with Crippen LogP contribution < -0.4 is 4.90 Å². The maximum absolute atomic E-state index is 10.8. The molecule has 2 heterocycles. The molecule has 0 aliphatic carbocycles. The highest BCUT2D eigenvalue weighted by molar-refractivity contribution is 8.00. The highest BCUT2D eigenvalue weighted by Gasteiger charge is 2.25. The molecule has 0 atom stereocenters. The van der Waals surface area contributed by atoms with Crippen LogP contribution in [0.3, 0.4) is 0 Å². The van der Waals surface area contributed by atoms with E-state index in [9.17, 15) is 4.79 Å². The Morgan fingerprint density at radius 2 is 2.29 bits per heavy atom. The lowest BCUT2D eigenvalue weighted by Crippen LogP contribution is -2.26. The number of hydrogen-bond acceptors (Lipinski definition) is 5. The summed E-state index contributed by atoms with van der Waals surface area (Å²) in [6, 6.07) is 0. The van der Waals surface area contributed by atoms with E-state index in [0.717, 1.165) is 30.4 Å². The Balaban J connectivity index is 2.09. The number of hydrogen-bond donors (Lipinski definition) is 1. The van der Waals surface area contributed by atoms with Crippen LogP contribution in [-0.2, 0) is 0 Å². The van der Waals surface area contributed by atoms with Crippen LogP contribution in [0.15, 0.2) is 6.20 Å². The predicted octanol–water partition coefficient (Wildman–Crippen LogP) is 2.56. The molecular weight excluding hydrogens is 256 g/mol. The second-order valence-electron chi connectivity index (χ2n) is 4.66. The molecule has 1 fully saturated rings. The summed E-state index contributed by atoms with van der Waals surface area (Å²) in [5.41, 5.74) is 0. The summed E-state index contributed by atoms with van der Waals surface area (Å²) >= 11 is 3.23. The van der Waals surface area contributed by atoms with Crippen LogP contribution in [0, 0.1) is 0 Å². The van der Waals surface area contributed by atoms with E-state index in [1.807, 2.05) is 11.8 Å². The van der Waals surface area contributed by atoms with Crippen molar-refractivity contribution in [2.24, 2.45) is 0 Å². The highest BCUT2D eigenvalue weighted by atomic mass is 32.2. The highest BCUT2D eigenvalue weighted by Crippen LogP contribution is 2.33. The lowest BCUT2D eigenvalue weighted by molar-refractivity contribution is 0.0702. The van der Waals surface area contributed by atoms with Gasteiger partial charge in [-0.2, -0.15) is 11.8 Å². The third-order valence-corrected chi connectivity index (χ3v) is 5.23. The molecule has 6 heteroatoms. The normalized spacial score (nSPS) is 20.0. The summed E-state index contributed by atoms with van der Waals surface area (Å²) in [6.07, 6.45) is 2.55. The molecule has 1 aromatic rings. The minimum absolute atomic E-state index is 0.307. The van der Waals surface area contributed by atoms with Crippen molar-refractivity contribution >= 4 is 34.2 Å². The molecule has 0 amide bonds.